The minimum absolute atomic E-state index is 0.00357. The number of hydrogen-bond donors (Lipinski definition) is 1. The first-order valence-electron chi connectivity index (χ1n) is 6.17. The summed E-state index contributed by atoms with van der Waals surface area (Å²) in [6.45, 7) is 4.76. The highest BCUT2D eigenvalue weighted by Gasteiger charge is 2.27. The molecule has 8 heteroatoms. The summed E-state index contributed by atoms with van der Waals surface area (Å²) in [6, 6.07) is 1.94. The molecule has 1 aromatic heterocycles. The van der Waals surface area contributed by atoms with E-state index in [0.29, 0.717) is 13.1 Å². The molecule has 2 N–H and O–H groups in total. The summed E-state index contributed by atoms with van der Waals surface area (Å²) in [7, 11) is -3.68. The molecule has 0 fully saturated rings. The van der Waals surface area contributed by atoms with Crippen molar-refractivity contribution in [2.45, 2.75) is 38.1 Å². The zero-order chi connectivity index (χ0) is 14.5. The fourth-order valence-electron chi connectivity index (χ4n) is 1.72. The smallest absolute Gasteiger partial charge is 0.248 e. The van der Waals surface area contributed by atoms with E-state index in [4.69, 9.17) is 11.0 Å². The highest BCUT2D eigenvalue weighted by atomic mass is 32.2. The number of aryl methyl sites for hydroxylation is 1. The number of anilines is 1. The Kier molecular flexibility index (Phi) is 5.32. The molecule has 0 aromatic carbocycles. The van der Waals surface area contributed by atoms with Gasteiger partial charge in [0.25, 0.3) is 0 Å². The molecule has 0 saturated heterocycles. The van der Waals surface area contributed by atoms with E-state index in [1.54, 1.807) is 6.92 Å². The third-order valence-corrected chi connectivity index (χ3v) is 4.64. The quantitative estimate of drug-likeness (QED) is 0.797. The topological polar surface area (TPSA) is 105 Å². The van der Waals surface area contributed by atoms with Crippen molar-refractivity contribution >= 4 is 15.8 Å². The van der Waals surface area contributed by atoms with Gasteiger partial charge in [-0.2, -0.15) is 14.7 Å². The molecular weight excluding hydrogens is 266 g/mol. The first-order valence-corrected chi connectivity index (χ1v) is 7.61. The second-order valence-electron chi connectivity index (χ2n) is 4.05. The van der Waals surface area contributed by atoms with E-state index in [-0.39, 0.29) is 23.7 Å². The average molecular weight is 285 g/mol. The molecule has 1 aromatic rings. The summed E-state index contributed by atoms with van der Waals surface area (Å²) in [4.78, 5) is 0.0146. The Morgan fingerprint density at radius 2 is 2.21 bits per heavy atom. The molecule has 0 spiro atoms. The van der Waals surface area contributed by atoms with Crippen LogP contribution in [0.5, 0.6) is 0 Å². The molecule has 19 heavy (non-hydrogen) atoms. The molecule has 1 rings (SSSR count). The van der Waals surface area contributed by atoms with E-state index < -0.39 is 10.0 Å². The van der Waals surface area contributed by atoms with Crippen LogP contribution >= 0.6 is 0 Å². The average Bonchev–Trinajstić information content (AvgIpc) is 2.72. The van der Waals surface area contributed by atoms with Crippen LogP contribution in [0.15, 0.2) is 11.1 Å². The number of nitrogens with zero attached hydrogens (tertiary/aromatic N) is 4. The van der Waals surface area contributed by atoms with Crippen molar-refractivity contribution < 1.29 is 8.42 Å². The number of rotatable bonds is 7. The maximum atomic E-state index is 12.4. The van der Waals surface area contributed by atoms with Crippen molar-refractivity contribution in [3.05, 3.63) is 6.20 Å². The number of nitrogen functional groups attached to an aromatic ring is 1. The molecule has 0 amide bonds. The van der Waals surface area contributed by atoms with Gasteiger partial charge in [0, 0.05) is 32.3 Å². The summed E-state index contributed by atoms with van der Waals surface area (Å²) >= 11 is 0. The minimum Gasteiger partial charge on any atom is -0.381 e. The van der Waals surface area contributed by atoms with Gasteiger partial charge < -0.3 is 5.73 Å². The maximum Gasteiger partial charge on any atom is 0.248 e. The summed E-state index contributed by atoms with van der Waals surface area (Å²) in [5.41, 5.74) is 5.68. The molecule has 0 radical (unpaired) electrons. The summed E-state index contributed by atoms with van der Waals surface area (Å²) < 4.78 is 27.5. The highest BCUT2D eigenvalue weighted by Crippen LogP contribution is 2.21. The lowest BCUT2D eigenvalue weighted by molar-refractivity contribution is 0.435. The standard InChI is InChI=1S/C11H19N5O2S/c1-3-7-15-9-10(11(13)14-15)19(17,18)16(4-2)8-5-6-12/h9H,3-5,7-8H2,1-2H3,(H2,13,14). The highest BCUT2D eigenvalue weighted by molar-refractivity contribution is 7.89. The zero-order valence-electron chi connectivity index (χ0n) is 11.2. The SMILES string of the molecule is CCCn1cc(S(=O)(=O)N(CC)CCC#N)c(N)n1. The first-order chi connectivity index (χ1) is 8.97. The summed E-state index contributed by atoms with van der Waals surface area (Å²) in [5.74, 6) is 0.00357. The van der Waals surface area contributed by atoms with Gasteiger partial charge in [0.2, 0.25) is 10.0 Å². The molecule has 0 aliphatic rings. The molecule has 0 unspecified atom stereocenters. The van der Waals surface area contributed by atoms with E-state index in [1.807, 2.05) is 13.0 Å². The van der Waals surface area contributed by atoms with Gasteiger partial charge in [-0.25, -0.2) is 8.42 Å². The van der Waals surface area contributed by atoms with Crippen LogP contribution in [0, 0.1) is 11.3 Å². The van der Waals surface area contributed by atoms with Gasteiger partial charge in [0.1, 0.15) is 4.90 Å². The Bertz CT molecular complexity index is 558. The fourth-order valence-corrected chi connectivity index (χ4v) is 3.23. The van der Waals surface area contributed by atoms with Gasteiger partial charge in [-0.15, -0.1) is 0 Å². The van der Waals surface area contributed by atoms with E-state index >= 15 is 0 Å². The lowest BCUT2D eigenvalue weighted by Gasteiger charge is -2.18. The number of nitrogens with two attached hydrogens (primary N) is 1. The van der Waals surface area contributed by atoms with Gasteiger partial charge in [-0.05, 0) is 6.42 Å². The number of hydrogen-bond acceptors (Lipinski definition) is 5. The van der Waals surface area contributed by atoms with Gasteiger partial charge in [0.05, 0.1) is 6.07 Å². The first kappa shape index (κ1) is 15.5. The number of aromatic nitrogens is 2. The lowest BCUT2D eigenvalue weighted by Crippen LogP contribution is -2.32. The fraction of sp³-hybridized carbons (Fsp3) is 0.636. The molecule has 0 atom stereocenters. The van der Waals surface area contributed by atoms with Gasteiger partial charge >= 0.3 is 0 Å². The zero-order valence-corrected chi connectivity index (χ0v) is 12.0. The Morgan fingerprint density at radius 1 is 1.53 bits per heavy atom. The van der Waals surface area contributed by atoms with E-state index in [2.05, 4.69) is 5.10 Å². The second-order valence-corrected chi connectivity index (χ2v) is 5.95. The van der Waals surface area contributed by atoms with Gasteiger partial charge in [-0.1, -0.05) is 13.8 Å². The molecule has 0 saturated carbocycles. The van der Waals surface area contributed by atoms with Crippen molar-refractivity contribution in [1.29, 1.82) is 5.26 Å². The summed E-state index contributed by atoms with van der Waals surface area (Å²) in [5, 5.41) is 12.6. The van der Waals surface area contributed by atoms with Crippen LogP contribution in [0.3, 0.4) is 0 Å². The van der Waals surface area contributed by atoms with E-state index in [1.165, 1.54) is 15.2 Å². The van der Waals surface area contributed by atoms with Crippen LogP contribution in [0.4, 0.5) is 5.82 Å². The van der Waals surface area contributed by atoms with Crippen LogP contribution in [0.2, 0.25) is 0 Å². The van der Waals surface area contributed by atoms with Crippen molar-refractivity contribution in [1.82, 2.24) is 14.1 Å². The third kappa shape index (κ3) is 3.45. The predicted molar refractivity (Wildman–Crippen MR) is 71.6 cm³/mol. The molecular formula is C11H19N5O2S. The number of sulfonamides is 1. The van der Waals surface area contributed by atoms with E-state index in [9.17, 15) is 8.42 Å². The van der Waals surface area contributed by atoms with Crippen LogP contribution in [-0.2, 0) is 16.6 Å². The van der Waals surface area contributed by atoms with Gasteiger partial charge in [-0.3, -0.25) is 4.68 Å². The largest absolute Gasteiger partial charge is 0.381 e. The van der Waals surface area contributed by atoms with Crippen LogP contribution in [-0.4, -0.2) is 35.6 Å². The van der Waals surface area contributed by atoms with Crippen molar-refractivity contribution in [3.63, 3.8) is 0 Å². The molecule has 106 valence electrons. The normalized spacial score (nSPS) is 11.7. The second kappa shape index (κ2) is 6.54. The predicted octanol–water partition coefficient (Wildman–Crippen LogP) is 0.800. The van der Waals surface area contributed by atoms with Crippen molar-refractivity contribution in [3.8, 4) is 6.07 Å². The molecule has 0 aliphatic heterocycles. The van der Waals surface area contributed by atoms with Crippen molar-refractivity contribution in [2.24, 2.45) is 0 Å². The van der Waals surface area contributed by atoms with Crippen LogP contribution in [0.1, 0.15) is 26.7 Å². The van der Waals surface area contributed by atoms with E-state index in [0.717, 1.165) is 6.42 Å². The van der Waals surface area contributed by atoms with Gasteiger partial charge in [0.15, 0.2) is 5.82 Å². The lowest BCUT2D eigenvalue weighted by atomic mass is 10.5. The third-order valence-electron chi connectivity index (χ3n) is 2.65. The summed E-state index contributed by atoms with van der Waals surface area (Å²) in [6.07, 6.45) is 2.44. The number of nitriles is 1. The Labute approximate surface area is 113 Å². The Hall–Kier alpha value is -1.59. The minimum atomic E-state index is -3.68. The van der Waals surface area contributed by atoms with Crippen LogP contribution < -0.4 is 5.73 Å². The molecule has 1 heterocycles. The van der Waals surface area contributed by atoms with Crippen LogP contribution in [0.25, 0.3) is 0 Å². The Balaban J connectivity index is 3.07. The van der Waals surface area contributed by atoms with Crippen molar-refractivity contribution in [2.75, 3.05) is 18.8 Å². The monoisotopic (exact) mass is 285 g/mol. The molecule has 7 nitrogen and oxygen atoms in total. The molecule has 0 aliphatic carbocycles. The Morgan fingerprint density at radius 3 is 2.74 bits per heavy atom. The molecule has 0 bridgehead atoms. The maximum absolute atomic E-state index is 12.4.